The summed E-state index contributed by atoms with van der Waals surface area (Å²) in [5, 5.41) is 0. The zero-order valence-electron chi connectivity index (χ0n) is 8.14. The van der Waals surface area contributed by atoms with Gasteiger partial charge in [-0.3, -0.25) is 0 Å². The van der Waals surface area contributed by atoms with Gasteiger partial charge in [0.25, 0.3) is 0 Å². The van der Waals surface area contributed by atoms with Crippen molar-refractivity contribution in [3.05, 3.63) is 24.0 Å². The highest BCUT2D eigenvalue weighted by molar-refractivity contribution is 6.69. The Bertz CT molecular complexity index is 163. The van der Waals surface area contributed by atoms with Gasteiger partial charge in [0, 0.05) is 0 Å². The second-order valence-electron chi connectivity index (χ2n) is 3.57. The first-order chi connectivity index (χ1) is 4.95. The van der Waals surface area contributed by atoms with Crippen molar-refractivity contribution in [2.75, 3.05) is 0 Å². The van der Waals surface area contributed by atoms with Crippen LogP contribution in [0, 0.1) is 0 Å². The van der Waals surface area contributed by atoms with Gasteiger partial charge in [-0.15, -0.1) is 0 Å². The Morgan fingerprint density at radius 1 is 1.27 bits per heavy atom. The first-order valence-electron chi connectivity index (χ1n) is 3.93. The first kappa shape index (κ1) is 10.5. The van der Waals surface area contributed by atoms with Crippen LogP contribution >= 0.6 is 0 Å². The predicted molar refractivity (Wildman–Crippen MR) is 53.0 cm³/mol. The first-order valence-corrected chi connectivity index (χ1v) is 7.34. The zero-order valence-corrected chi connectivity index (χ0v) is 9.14. The van der Waals surface area contributed by atoms with Crippen LogP contribution in [-0.2, 0) is 4.43 Å². The Kier molecular flexibility index (Phi) is 4.19. The van der Waals surface area contributed by atoms with E-state index in [4.69, 9.17) is 4.43 Å². The normalized spacial score (nSPS) is 14.1. The molecule has 1 nitrogen and oxygen atoms in total. The molecule has 0 heterocycles. The lowest BCUT2D eigenvalue weighted by Crippen LogP contribution is -2.21. The summed E-state index contributed by atoms with van der Waals surface area (Å²) in [6.07, 6.45) is 5.86. The number of allylic oxidation sites excluding steroid dienone is 3. The molecule has 0 aromatic rings. The molecule has 0 amide bonds. The molecule has 0 rings (SSSR count). The van der Waals surface area contributed by atoms with Gasteiger partial charge >= 0.3 is 0 Å². The van der Waals surface area contributed by atoms with E-state index in [0.29, 0.717) is 0 Å². The maximum Gasteiger partial charge on any atom is 0.241 e. The summed E-state index contributed by atoms with van der Waals surface area (Å²) >= 11 is 0. The lowest BCUT2D eigenvalue weighted by molar-refractivity contribution is 0.479. The van der Waals surface area contributed by atoms with Crippen LogP contribution in [0.4, 0.5) is 0 Å². The van der Waals surface area contributed by atoms with Crippen LogP contribution in [0.2, 0.25) is 19.6 Å². The number of rotatable bonds is 3. The van der Waals surface area contributed by atoms with E-state index in [1.165, 1.54) is 5.57 Å². The molecule has 0 N–H and O–H groups in total. The Balaban J connectivity index is 3.79. The lowest BCUT2D eigenvalue weighted by Gasteiger charge is -2.14. The molecule has 11 heavy (non-hydrogen) atoms. The van der Waals surface area contributed by atoms with E-state index in [1.54, 1.807) is 0 Å². The van der Waals surface area contributed by atoms with Crippen molar-refractivity contribution in [2.24, 2.45) is 0 Å². The molecule has 0 fully saturated rings. The molecule has 2 heteroatoms. The molecule has 0 aliphatic rings. The molecule has 64 valence electrons. The zero-order chi connectivity index (χ0) is 8.91. The standard InChI is InChI=1S/C9H18OSi/c1-6-9(2)7-8-10-11(3,4)5/h6-8H,1-5H3. The Hall–Kier alpha value is -0.503. The Morgan fingerprint density at radius 3 is 2.18 bits per heavy atom. The smallest absolute Gasteiger partial charge is 0.241 e. The van der Waals surface area contributed by atoms with E-state index in [2.05, 4.69) is 32.6 Å². The van der Waals surface area contributed by atoms with Crippen molar-refractivity contribution in [1.82, 2.24) is 0 Å². The van der Waals surface area contributed by atoms with Crippen molar-refractivity contribution in [3.8, 4) is 0 Å². The Morgan fingerprint density at radius 2 is 1.82 bits per heavy atom. The van der Waals surface area contributed by atoms with E-state index >= 15 is 0 Å². The van der Waals surface area contributed by atoms with Crippen molar-refractivity contribution in [2.45, 2.75) is 33.5 Å². The summed E-state index contributed by atoms with van der Waals surface area (Å²) in [5.74, 6) is 0. The van der Waals surface area contributed by atoms with E-state index in [-0.39, 0.29) is 0 Å². The summed E-state index contributed by atoms with van der Waals surface area (Å²) in [6.45, 7) is 10.6. The van der Waals surface area contributed by atoms with Crippen LogP contribution < -0.4 is 0 Å². The lowest BCUT2D eigenvalue weighted by atomic mass is 10.3. The molecule has 0 spiro atoms. The summed E-state index contributed by atoms with van der Waals surface area (Å²) in [6, 6.07) is 0. The van der Waals surface area contributed by atoms with Gasteiger partial charge < -0.3 is 4.43 Å². The van der Waals surface area contributed by atoms with Gasteiger partial charge in [-0.2, -0.15) is 0 Å². The summed E-state index contributed by atoms with van der Waals surface area (Å²) in [4.78, 5) is 0. The van der Waals surface area contributed by atoms with Crippen LogP contribution in [0.15, 0.2) is 24.0 Å². The van der Waals surface area contributed by atoms with E-state index in [1.807, 2.05) is 19.3 Å². The van der Waals surface area contributed by atoms with Gasteiger partial charge in [-0.25, -0.2) is 0 Å². The van der Waals surface area contributed by atoms with Crippen molar-refractivity contribution < 1.29 is 4.43 Å². The average molecular weight is 170 g/mol. The highest BCUT2D eigenvalue weighted by Gasteiger charge is 2.12. The third kappa shape index (κ3) is 7.39. The van der Waals surface area contributed by atoms with E-state index in [9.17, 15) is 0 Å². The molecule has 0 aromatic carbocycles. The third-order valence-corrected chi connectivity index (χ3v) is 2.05. The summed E-state index contributed by atoms with van der Waals surface area (Å²) in [7, 11) is -1.35. The molecule has 0 aliphatic heterocycles. The van der Waals surface area contributed by atoms with Gasteiger partial charge in [-0.1, -0.05) is 11.6 Å². The third-order valence-electron chi connectivity index (χ3n) is 1.21. The van der Waals surface area contributed by atoms with Crippen molar-refractivity contribution >= 4 is 8.32 Å². The van der Waals surface area contributed by atoms with Gasteiger partial charge in [-0.05, 0) is 39.6 Å². The van der Waals surface area contributed by atoms with E-state index < -0.39 is 8.32 Å². The number of hydrogen-bond acceptors (Lipinski definition) is 1. The molecular formula is C9H18OSi. The fourth-order valence-electron chi connectivity index (χ4n) is 0.442. The minimum absolute atomic E-state index is 1.24. The molecular weight excluding hydrogens is 152 g/mol. The maximum absolute atomic E-state index is 5.52. The Labute approximate surface area is 70.9 Å². The van der Waals surface area contributed by atoms with Gasteiger partial charge in [0.1, 0.15) is 0 Å². The van der Waals surface area contributed by atoms with Crippen molar-refractivity contribution in [1.29, 1.82) is 0 Å². The molecule has 0 atom stereocenters. The second kappa shape index (κ2) is 4.39. The molecule has 0 bridgehead atoms. The molecule has 0 saturated carbocycles. The average Bonchev–Trinajstić information content (AvgIpc) is 1.85. The molecule has 0 aromatic heterocycles. The molecule has 0 unspecified atom stereocenters. The topological polar surface area (TPSA) is 9.23 Å². The highest BCUT2D eigenvalue weighted by Crippen LogP contribution is 2.04. The fourth-order valence-corrected chi connectivity index (χ4v) is 0.918. The molecule has 0 radical (unpaired) electrons. The van der Waals surface area contributed by atoms with Gasteiger partial charge in [0.05, 0.1) is 6.26 Å². The second-order valence-corrected chi connectivity index (χ2v) is 8.03. The van der Waals surface area contributed by atoms with Crippen LogP contribution in [0.25, 0.3) is 0 Å². The monoisotopic (exact) mass is 170 g/mol. The van der Waals surface area contributed by atoms with E-state index in [0.717, 1.165) is 0 Å². The van der Waals surface area contributed by atoms with Gasteiger partial charge in [0.2, 0.25) is 8.32 Å². The van der Waals surface area contributed by atoms with Crippen molar-refractivity contribution in [3.63, 3.8) is 0 Å². The molecule has 0 saturated heterocycles. The SMILES string of the molecule is CC=C(C)C=CO[Si](C)(C)C. The fraction of sp³-hybridized carbons (Fsp3) is 0.556. The quantitative estimate of drug-likeness (QED) is 0.359. The largest absolute Gasteiger partial charge is 0.550 e. The summed E-state index contributed by atoms with van der Waals surface area (Å²) < 4.78 is 5.52. The summed E-state index contributed by atoms with van der Waals surface area (Å²) in [5.41, 5.74) is 1.24. The van der Waals surface area contributed by atoms with Crippen LogP contribution in [-0.4, -0.2) is 8.32 Å². The maximum atomic E-state index is 5.52. The van der Waals surface area contributed by atoms with Crippen LogP contribution in [0.5, 0.6) is 0 Å². The minimum Gasteiger partial charge on any atom is -0.550 e. The predicted octanol–water partition coefficient (Wildman–Crippen LogP) is 3.32. The number of hydrogen-bond donors (Lipinski definition) is 0. The van der Waals surface area contributed by atoms with Crippen LogP contribution in [0.1, 0.15) is 13.8 Å². The molecule has 0 aliphatic carbocycles. The highest BCUT2D eigenvalue weighted by atomic mass is 28.4. The minimum atomic E-state index is -1.35. The van der Waals surface area contributed by atoms with Gasteiger partial charge in [0.15, 0.2) is 0 Å². The van der Waals surface area contributed by atoms with Crippen LogP contribution in [0.3, 0.4) is 0 Å².